The fraction of sp³-hybridized carbons (Fsp3) is 0.154. The summed E-state index contributed by atoms with van der Waals surface area (Å²) in [6.07, 6.45) is -2.95. The lowest BCUT2D eigenvalue weighted by Crippen LogP contribution is -2.12. The van der Waals surface area contributed by atoms with E-state index in [4.69, 9.17) is 0 Å². The van der Waals surface area contributed by atoms with Gasteiger partial charge in [0.2, 0.25) is 0 Å². The molecular formula is C13H10F3N5. The molecule has 5 nitrogen and oxygen atoms in total. The number of rotatable bonds is 3. The lowest BCUT2D eigenvalue weighted by molar-refractivity contribution is -0.138. The SMILES string of the molecule is FC(F)(F)c1ccccc1CNc1ccc2nncn2n1. The van der Waals surface area contributed by atoms with Gasteiger partial charge in [0.15, 0.2) is 5.65 Å². The van der Waals surface area contributed by atoms with Crippen molar-refractivity contribution in [2.75, 3.05) is 5.32 Å². The van der Waals surface area contributed by atoms with Gasteiger partial charge in [-0.05, 0) is 23.8 Å². The highest BCUT2D eigenvalue weighted by Crippen LogP contribution is 2.32. The molecule has 0 fully saturated rings. The Balaban J connectivity index is 1.81. The predicted octanol–water partition coefficient (Wildman–Crippen LogP) is 2.76. The Morgan fingerprint density at radius 2 is 1.90 bits per heavy atom. The van der Waals surface area contributed by atoms with Crippen molar-refractivity contribution in [1.82, 2.24) is 19.8 Å². The van der Waals surface area contributed by atoms with Gasteiger partial charge in [0.25, 0.3) is 0 Å². The second-order valence-corrected chi connectivity index (χ2v) is 4.36. The first-order chi connectivity index (χ1) is 10.0. The Hall–Kier alpha value is -2.64. The van der Waals surface area contributed by atoms with Crippen LogP contribution >= 0.6 is 0 Å². The van der Waals surface area contributed by atoms with Crippen LogP contribution in [0.15, 0.2) is 42.7 Å². The van der Waals surface area contributed by atoms with E-state index >= 15 is 0 Å². The van der Waals surface area contributed by atoms with Gasteiger partial charge in [0.05, 0.1) is 5.56 Å². The molecule has 2 heterocycles. The Morgan fingerprint density at radius 1 is 1.10 bits per heavy atom. The molecule has 0 atom stereocenters. The van der Waals surface area contributed by atoms with Crippen molar-refractivity contribution < 1.29 is 13.2 Å². The van der Waals surface area contributed by atoms with Gasteiger partial charge in [-0.15, -0.1) is 15.3 Å². The van der Waals surface area contributed by atoms with Crippen molar-refractivity contribution in [2.24, 2.45) is 0 Å². The summed E-state index contributed by atoms with van der Waals surface area (Å²) >= 11 is 0. The number of nitrogens with zero attached hydrogens (tertiary/aromatic N) is 4. The Morgan fingerprint density at radius 3 is 2.71 bits per heavy atom. The van der Waals surface area contributed by atoms with Crippen molar-refractivity contribution >= 4 is 11.5 Å². The van der Waals surface area contributed by atoms with E-state index in [1.165, 1.54) is 23.0 Å². The van der Waals surface area contributed by atoms with Crippen LogP contribution < -0.4 is 5.32 Å². The monoisotopic (exact) mass is 293 g/mol. The molecule has 3 rings (SSSR count). The molecule has 0 unspecified atom stereocenters. The van der Waals surface area contributed by atoms with E-state index < -0.39 is 11.7 Å². The van der Waals surface area contributed by atoms with Crippen LogP contribution in [0.1, 0.15) is 11.1 Å². The highest BCUT2D eigenvalue weighted by Gasteiger charge is 2.32. The minimum absolute atomic E-state index is 0.0241. The summed E-state index contributed by atoms with van der Waals surface area (Å²) in [5.41, 5.74) is 0.0785. The molecule has 21 heavy (non-hydrogen) atoms. The van der Waals surface area contributed by atoms with Crippen molar-refractivity contribution in [3.63, 3.8) is 0 Å². The molecule has 1 aromatic carbocycles. The molecule has 3 aromatic rings. The summed E-state index contributed by atoms with van der Waals surface area (Å²) in [4.78, 5) is 0. The van der Waals surface area contributed by atoms with Crippen molar-refractivity contribution in [3.05, 3.63) is 53.9 Å². The third kappa shape index (κ3) is 2.78. The maximum atomic E-state index is 12.9. The van der Waals surface area contributed by atoms with E-state index in [1.807, 2.05) is 0 Å². The maximum Gasteiger partial charge on any atom is 0.416 e. The zero-order valence-corrected chi connectivity index (χ0v) is 10.7. The van der Waals surface area contributed by atoms with Crippen LogP contribution in [-0.4, -0.2) is 19.8 Å². The van der Waals surface area contributed by atoms with Gasteiger partial charge < -0.3 is 5.32 Å². The van der Waals surface area contributed by atoms with Crippen molar-refractivity contribution in [2.45, 2.75) is 12.7 Å². The topological polar surface area (TPSA) is 55.1 Å². The summed E-state index contributed by atoms with van der Waals surface area (Å²) in [6, 6.07) is 8.76. The van der Waals surface area contributed by atoms with E-state index in [2.05, 4.69) is 20.6 Å². The van der Waals surface area contributed by atoms with E-state index in [9.17, 15) is 13.2 Å². The summed E-state index contributed by atoms with van der Waals surface area (Å²) in [6.45, 7) is 0.0241. The molecule has 0 amide bonds. The Labute approximate surface area is 117 Å². The summed E-state index contributed by atoms with van der Waals surface area (Å²) < 4.78 is 40.1. The number of aromatic nitrogens is 4. The number of nitrogens with one attached hydrogen (secondary N) is 1. The van der Waals surface area contributed by atoms with E-state index in [-0.39, 0.29) is 12.1 Å². The van der Waals surface area contributed by atoms with Crippen LogP contribution in [0.4, 0.5) is 19.0 Å². The van der Waals surface area contributed by atoms with Crippen LogP contribution in [0.25, 0.3) is 5.65 Å². The van der Waals surface area contributed by atoms with Gasteiger partial charge in [0.1, 0.15) is 12.1 Å². The number of alkyl halides is 3. The molecular weight excluding hydrogens is 283 g/mol. The zero-order valence-electron chi connectivity index (χ0n) is 10.7. The zero-order chi connectivity index (χ0) is 14.9. The molecule has 0 aliphatic rings. The van der Waals surface area contributed by atoms with Crippen LogP contribution in [0.3, 0.4) is 0 Å². The molecule has 1 N–H and O–H groups in total. The van der Waals surface area contributed by atoms with E-state index in [1.54, 1.807) is 18.2 Å². The number of anilines is 1. The second kappa shape index (κ2) is 5.04. The lowest BCUT2D eigenvalue weighted by Gasteiger charge is -2.13. The number of hydrogen-bond donors (Lipinski definition) is 1. The average Bonchev–Trinajstić information content (AvgIpc) is 2.92. The first-order valence-corrected chi connectivity index (χ1v) is 6.10. The van der Waals surface area contributed by atoms with Gasteiger partial charge in [-0.3, -0.25) is 0 Å². The van der Waals surface area contributed by atoms with Gasteiger partial charge in [-0.2, -0.15) is 17.7 Å². The summed E-state index contributed by atoms with van der Waals surface area (Å²) in [7, 11) is 0. The standard InChI is InChI=1S/C13H10F3N5/c14-13(15,16)10-4-2-1-3-9(10)7-17-11-5-6-12-19-18-8-21(12)20-11/h1-6,8H,7H2,(H,17,20). The normalized spacial score (nSPS) is 11.8. The molecule has 0 radical (unpaired) electrons. The molecule has 2 aromatic heterocycles. The van der Waals surface area contributed by atoms with Gasteiger partial charge in [-0.1, -0.05) is 18.2 Å². The second-order valence-electron chi connectivity index (χ2n) is 4.36. The molecule has 0 aliphatic heterocycles. The number of halogens is 3. The van der Waals surface area contributed by atoms with Crippen LogP contribution in [-0.2, 0) is 12.7 Å². The molecule has 0 saturated carbocycles. The molecule has 0 spiro atoms. The number of benzene rings is 1. The third-order valence-corrected chi connectivity index (χ3v) is 2.94. The summed E-state index contributed by atoms with van der Waals surface area (Å²) in [5.74, 6) is 0.444. The van der Waals surface area contributed by atoms with Crippen molar-refractivity contribution in [3.8, 4) is 0 Å². The van der Waals surface area contributed by atoms with E-state index in [0.717, 1.165) is 6.07 Å². The highest BCUT2D eigenvalue weighted by atomic mass is 19.4. The fourth-order valence-corrected chi connectivity index (χ4v) is 1.96. The minimum Gasteiger partial charge on any atom is -0.365 e. The smallest absolute Gasteiger partial charge is 0.365 e. The number of fused-ring (bicyclic) bond motifs is 1. The van der Waals surface area contributed by atoms with Gasteiger partial charge >= 0.3 is 6.18 Å². The third-order valence-electron chi connectivity index (χ3n) is 2.94. The predicted molar refractivity (Wildman–Crippen MR) is 69.6 cm³/mol. The molecule has 8 heteroatoms. The maximum absolute atomic E-state index is 12.9. The number of hydrogen-bond acceptors (Lipinski definition) is 4. The first-order valence-electron chi connectivity index (χ1n) is 6.10. The molecule has 108 valence electrons. The quantitative estimate of drug-likeness (QED) is 0.806. The van der Waals surface area contributed by atoms with Crippen LogP contribution in [0.2, 0.25) is 0 Å². The van der Waals surface area contributed by atoms with E-state index in [0.29, 0.717) is 11.5 Å². The fourth-order valence-electron chi connectivity index (χ4n) is 1.96. The highest BCUT2D eigenvalue weighted by molar-refractivity contribution is 5.44. The average molecular weight is 293 g/mol. The minimum atomic E-state index is -4.37. The molecule has 0 aliphatic carbocycles. The Kier molecular flexibility index (Phi) is 3.20. The van der Waals surface area contributed by atoms with Gasteiger partial charge in [-0.25, -0.2) is 0 Å². The van der Waals surface area contributed by atoms with Crippen LogP contribution in [0.5, 0.6) is 0 Å². The molecule has 0 saturated heterocycles. The lowest BCUT2D eigenvalue weighted by atomic mass is 10.1. The van der Waals surface area contributed by atoms with Crippen LogP contribution in [0, 0.1) is 0 Å². The van der Waals surface area contributed by atoms with Gasteiger partial charge in [0, 0.05) is 6.54 Å². The van der Waals surface area contributed by atoms with Crippen molar-refractivity contribution in [1.29, 1.82) is 0 Å². The summed E-state index contributed by atoms with van der Waals surface area (Å²) in [5, 5.41) is 14.5. The largest absolute Gasteiger partial charge is 0.416 e. The first kappa shape index (κ1) is 13.3. The Bertz CT molecular complexity index is 766. The molecule has 0 bridgehead atoms.